The van der Waals surface area contributed by atoms with Crippen LogP contribution in [0.2, 0.25) is 0 Å². The van der Waals surface area contributed by atoms with Gasteiger partial charge in [0.15, 0.2) is 5.78 Å². The molecule has 3 rings (SSSR count). The number of hydrogen-bond donors (Lipinski definition) is 0. The van der Waals surface area contributed by atoms with Gasteiger partial charge in [-0.25, -0.2) is 0 Å². The van der Waals surface area contributed by atoms with Crippen LogP contribution >= 0.6 is 0 Å². The smallest absolute Gasteiger partial charge is 0.163 e. The number of ether oxygens (including phenoxy) is 1. The molecule has 0 heterocycles. The summed E-state index contributed by atoms with van der Waals surface area (Å²) < 4.78 is 5.54. The van der Waals surface area contributed by atoms with Crippen molar-refractivity contribution in [3.8, 4) is 16.9 Å². The van der Waals surface area contributed by atoms with Crippen LogP contribution in [0.15, 0.2) is 42.5 Å². The maximum atomic E-state index is 11.9. The van der Waals surface area contributed by atoms with Crippen molar-refractivity contribution in [1.82, 2.24) is 0 Å². The van der Waals surface area contributed by atoms with Crippen LogP contribution in [0.3, 0.4) is 0 Å². The second-order valence-corrected chi connectivity index (χ2v) is 5.11. The van der Waals surface area contributed by atoms with Crippen molar-refractivity contribution in [2.45, 2.75) is 26.2 Å². The van der Waals surface area contributed by atoms with E-state index in [0.29, 0.717) is 13.0 Å². The molecule has 2 heteroatoms. The zero-order valence-electron chi connectivity index (χ0n) is 11.7. The first kappa shape index (κ1) is 12.9. The molecule has 20 heavy (non-hydrogen) atoms. The molecule has 0 atom stereocenters. The highest BCUT2D eigenvalue weighted by Crippen LogP contribution is 2.29. The molecule has 0 saturated carbocycles. The summed E-state index contributed by atoms with van der Waals surface area (Å²) in [6.07, 6.45) is 2.65. The molecule has 2 aromatic rings. The average molecular weight is 266 g/mol. The van der Waals surface area contributed by atoms with E-state index in [4.69, 9.17) is 4.74 Å². The molecule has 0 amide bonds. The van der Waals surface area contributed by atoms with Gasteiger partial charge in [-0.15, -0.1) is 0 Å². The lowest BCUT2D eigenvalue weighted by molar-refractivity contribution is 0.0972. The van der Waals surface area contributed by atoms with Gasteiger partial charge in [-0.05, 0) is 48.6 Å². The Morgan fingerprint density at radius 1 is 1.05 bits per heavy atom. The second kappa shape index (κ2) is 5.49. The Hall–Kier alpha value is -2.09. The molecule has 0 fully saturated rings. The number of aryl methyl sites for hydroxylation is 1. The third-order valence-corrected chi connectivity index (χ3v) is 3.73. The molecular weight excluding hydrogens is 248 g/mol. The van der Waals surface area contributed by atoms with Crippen molar-refractivity contribution in [3.63, 3.8) is 0 Å². The van der Waals surface area contributed by atoms with Gasteiger partial charge >= 0.3 is 0 Å². The third-order valence-electron chi connectivity index (χ3n) is 3.73. The number of carbonyl (C=O) groups excluding carboxylic acids is 1. The van der Waals surface area contributed by atoms with Gasteiger partial charge in [0.1, 0.15) is 5.75 Å². The largest absolute Gasteiger partial charge is 0.494 e. The van der Waals surface area contributed by atoms with Crippen LogP contribution in [0.25, 0.3) is 11.1 Å². The Morgan fingerprint density at radius 2 is 1.90 bits per heavy atom. The highest BCUT2D eigenvalue weighted by atomic mass is 16.5. The molecule has 1 aliphatic carbocycles. The Kier molecular flexibility index (Phi) is 3.55. The normalized spacial score (nSPS) is 13.9. The van der Waals surface area contributed by atoms with Crippen molar-refractivity contribution >= 4 is 5.78 Å². The molecule has 0 bridgehead atoms. The second-order valence-electron chi connectivity index (χ2n) is 5.11. The minimum absolute atomic E-state index is 0.279. The summed E-state index contributed by atoms with van der Waals surface area (Å²) in [5.41, 5.74) is 4.37. The van der Waals surface area contributed by atoms with Crippen LogP contribution in [0.4, 0.5) is 0 Å². The van der Waals surface area contributed by atoms with E-state index in [-0.39, 0.29) is 5.78 Å². The lowest BCUT2D eigenvalue weighted by Gasteiger charge is -2.16. The summed E-state index contributed by atoms with van der Waals surface area (Å²) in [5, 5.41) is 0. The minimum atomic E-state index is 0.279. The number of carbonyl (C=O) groups is 1. The van der Waals surface area contributed by atoms with E-state index in [9.17, 15) is 4.79 Å². The van der Waals surface area contributed by atoms with E-state index in [2.05, 4.69) is 18.2 Å². The fourth-order valence-corrected chi connectivity index (χ4v) is 2.76. The molecular formula is C18H18O2. The Morgan fingerprint density at radius 3 is 2.75 bits per heavy atom. The Bertz CT molecular complexity index is 644. The highest BCUT2D eigenvalue weighted by Gasteiger charge is 2.17. The third kappa shape index (κ3) is 2.46. The van der Waals surface area contributed by atoms with E-state index in [1.165, 1.54) is 5.56 Å². The molecule has 2 aromatic carbocycles. The molecule has 0 radical (unpaired) electrons. The van der Waals surface area contributed by atoms with Crippen molar-refractivity contribution < 1.29 is 9.53 Å². The molecule has 0 aliphatic heterocycles. The lowest BCUT2D eigenvalue weighted by atomic mass is 9.88. The van der Waals surface area contributed by atoms with Gasteiger partial charge in [0.25, 0.3) is 0 Å². The molecule has 2 nitrogen and oxygen atoms in total. The van der Waals surface area contributed by atoms with Gasteiger partial charge in [-0.3, -0.25) is 4.79 Å². The number of Topliss-reactive ketones (excluding diaryl/α,β-unsaturated/α-hetero) is 1. The van der Waals surface area contributed by atoms with E-state index in [1.807, 2.05) is 31.2 Å². The van der Waals surface area contributed by atoms with Crippen LogP contribution in [0.1, 0.15) is 35.7 Å². The van der Waals surface area contributed by atoms with Crippen molar-refractivity contribution in [2.24, 2.45) is 0 Å². The van der Waals surface area contributed by atoms with Crippen LogP contribution in [0.5, 0.6) is 5.75 Å². The topological polar surface area (TPSA) is 26.3 Å². The van der Waals surface area contributed by atoms with Gasteiger partial charge in [-0.2, -0.15) is 0 Å². The van der Waals surface area contributed by atoms with Gasteiger partial charge in [0.2, 0.25) is 0 Å². The predicted molar refractivity (Wildman–Crippen MR) is 80.3 cm³/mol. The van der Waals surface area contributed by atoms with Crippen molar-refractivity contribution in [2.75, 3.05) is 6.61 Å². The molecule has 0 N–H and O–H groups in total. The minimum Gasteiger partial charge on any atom is -0.494 e. The van der Waals surface area contributed by atoms with Crippen LogP contribution in [-0.2, 0) is 6.42 Å². The molecule has 0 unspecified atom stereocenters. The van der Waals surface area contributed by atoms with Crippen LogP contribution in [-0.4, -0.2) is 12.4 Å². The summed E-state index contributed by atoms with van der Waals surface area (Å²) in [6.45, 7) is 2.65. The summed E-state index contributed by atoms with van der Waals surface area (Å²) >= 11 is 0. The van der Waals surface area contributed by atoms with Crippen LogP contribution in [0, 0.1) is 0 Å². The van der Waals surface area contributed by atoms with Crippen molar-refractivity contribution in [1.29, 1.82) is 0 Å². The molecule has 0 spiro atoms. The summed E-state index contributed by atoms with van der Waals surface area (Å²) in [7, 11) is 0. The lowest BCUT2D eigenvalue weighted by Crippen LogP contribution is -2.10. The Balaban J connectivity index is 1.98. The molecule has 102 valence electrons. The van der Waals surface area contributed by atoms with Gasteiger partial charge in [-0.1, -0.05) is 30.3 Å². The predicted octanol–water partition coefficient (Wildman–Crippen LogP) is 4.27. The number of fused-ring (bicyclic) bond motifs is 1. The zero-order valence-corrected chi connectivity index (χ0v) is 11.7. The standard InChI is InChI=1S/C18H18O2/c1-2-20-16-7-3-5-13(12-16)14-9-10-17-15(11-14)6-4-8-18(17)19/h3,5,7,9-12H,2,4,6,8H2,1H3. The van der Waals surface area contributed by atoms with E-state index >= 15 is 0 Å². The molecule has 1 aliphatic rings. The fraction of sp³-hybridized carbons (Fsp3) is 0.278. The fourth-order valence-electron chi connectivity index (χ4n) is 2.76. The van der Waals surface area contributed by atoms with Gasteiger partial charge in [0.05, 0.1) is 6.61 Å². The van der Waals surface area contributed by atoms with E-state index < -0.39 is 0 Å². The number of ketones is 1. The zero-order chi connectivity index (χ0) is 13.9. The van der Waals surface area contributed by atoms with Crippen molar-refractivity contribution in [3.05, 3.63) is 53.6 Å². The van der Waals surface area contributed by atoms with Gasteiger partial charge in [0, 0.05) is 12.0 Å². The highest BCUT2D eigenvalue weighted by molar-refractivity contribution is 5.99. The average Bonchev–Trinajstić information content (AvgIpc) is 2.48. The number of rotatable bonds is 3. The monoisotopic (exact) mass is 266 g/mol. The quantitative estimate of drug-likeness (QED) is 0.829. The van der Waals surface area contributed by atoms with Gasteiger partial charge < -0.3 is 4.74 Å². The maximum absolute atomic E-state index is 11.9. The maximum Gasteiger partial charge on any atom is 0.163 e. The van der Waals surface area contributed by atoms with Crippen LogP contribution < -0.4 is 4.74 Å². The molecule has 0 saturated heterocycles. The summed E-state index contributed by atoms with van der Waals surface area (Å²) in [5.74, 6) is 1.17. The molecule has 0 aromatic heterocycles. The first-order valence-electron chi connectivity index (χ1n) is 7.17. The first-order chi connectivity index (χ1) is 9.78. The summed E-state index contributed by atoms with van der Waals surface area (Å²) in [6, 6.07) is 14.3. The number of benzene rings is 2. The van der Waals surface area contributed by atoms with E-state index in [0.717, 1.165) is 35.3 Å². The SMILES string of the molecule is CCOc1cccc(-c2ccc3c(c2)CCCC3=O)c1. The first-order valence-corrected chi connectivity index (χ1v) is 7.17. The summed E-state index contributed by atoms with van der Waals surface area (Å²) in [4.78, 5) is 11.9. The van der Waals surface area contributed by atoms with E-state index in [1.54, 1.807) is 0 Å². The number of hydrogen-bond acceptors (Lipinski definition) is 2. The Labute approximate surface area is 119 Å².